The third-order valence-corrected chi connectivity index (χ3v) is 7.68. The number of carbonyl (C=O) groups excluding carboxylic acids is 2. The predicted octanol–water partition coefficient (Wildman–Crippen LogP) is 6.94. The van der Waals surface area contributed by atoms with Gasteiger partial charge in [-0.3, -0.25) is 9.59 Å². The lowest BCUT2D eigenvalue weighted by Gasteiger charge is -2.24. The number of esters is 2. The van der Waals surface area contributed by atoms with Crippen molar-refractivity contribution < 1.29 is 19.1 Å². The molecule has 0 aliphatic heterocycles. The normalized spacial score (nSPS) is 24.9. The molecule has 4 nitrogen and oxygen atoms in total. The van der Waals surface area contributed by atoms with E-state index in [1.807, 2.05) is 48.5 Å². The third-order valence-electron chi connectivity index (χ3n) is 7.68. The Kier molecular flexibility index (Phi) is 8.42. The minimum atomic E-state index is -0.0847. The quantitative estimate of drug-likeness (QED) is 0.330. The van der Waals surface area contributed by atoms with E-state index in [0.717, 1.165) is 76.0 Å². The molecular formula is C30H38O4. The summed E-state index contributed by atoms with van der Waals surface area (Å²) in [6, 6.07) is 15.7. The lowest BCUT2D eigenvalue weighted by atomic mass is 9.83. The molecule has 0 N–H and O–H groups in total. The Bertz CT molecular complexity index is 851. The Morgan fingerprint density at radius 2 is 0.912 bits per heavy atom. The number of carbonyl (C=O) groups is 2. The number of hydrogen-bond donors (Lipinski definition) is 0. The van der Waals surface area contributed by atoms with E-state index in [4.69, 9.17) is 9.47 Å². The Hall–Kier alpha value is -2.62. The average Bonchev–Trinajstić information content (AvgIpc) is 2.85. The summed E-state index contributed by atoms with van der Waals surface area (Å²) in [6.45, 7) is 4.50. The van der Waals surface area contributed by atoms with Crippen LogP contribution in [0.15, 0.2) is 48.5 Å². The van der Waals surface area contributed by atoms with E-state index < -0.39 is 0 Å². The first-order valence-corrected chi connectivity index (χ1v) is 13.1. The van der Waals surface area contributed by atoms with E-state index in [1.54, 1.807) is 0 Å². The molecule has 2 saturated carbocycles. The van der Waals surface area contributed by atoms with Gasteiger partial charge in [-0.1, -0.05) is 38.1 Å². The molecule has 0 atom stereocenters. The molecule has 2 fully saturated rings. The fourth-order valence-corrected chi connectivity index (χ4v) is 5.13. The van der Waals surface area contributed by atoms with Crippen molar-refractivity contribution in [2.24, 2.45) is 23.7 Å². The molecular weight excluding hydrogens is 424 g/mol. The summed E-state index contributed by atoms with van der Waals surface area (Å²) in [4.78, 5) is 24.8. The minimum Gasteiger partial charge on any atom is -0.426 e. The molecule has 4 rings (SSSR count). The fourth-order valence-electron chi connectivity index (χ4n) is 5.13. The SMILES string of the molecule is CC1CCC(C(=O)Oc2ccc(CCc3ccc(OC(=O)C4CCC(C)CC4)cc3)cc2)CC1. The molecule has 2 aromatic rings. The van der Waals surface area contributed by atoms with E-state index in [1.165, 1.54) is 11.1 Å². The van der Waals surface area contributed by atoms with E-state index in [2.05, 4.69) is 13.8 Å². The van der Waals surface area contributed by atoms with Crippen LogP contribution in [-0.4, -0.2) is 11.9 Å². The van der Waals surface area contributed by atoms with Gasteiger partial charge in [0.1, 0.15) is 11.5 Å². The van der Waals surface area contributed by atoms with E-state index in [0.29, 0.717) is 11.5 Å². The van der Waals surface area contributed by atoms with Gasteiger partial charge in [0.05, 0.1) is 11.8 Å². The van der Waals surface area contributed by atoms with Gasteiger partial charge in [-0.05, 0) is 111 Å². The molecule has 34 heavy (non-hydrogen) atoms. The smallest absolute Gasteiger partial charge is 0.314 e. The Balaban J connectivity index is 1.21. The van der Waals surface area contributed by atoms with Gasteiger partial charge in [0.15, 0.2) is 0 Å². The van der Waals surface area contributed by atoms with Crippen molar-refractivity contribution in [3.8, 4) is 11.5 Å². The van der Waals surface area contributed by atoms with Gasteiger partial charge in [0, 0.05) is 0 Å². The van der Waals surface area contributed by atoms with E-state index in [9.17, 15) is 9.59 Å². The van der Waals surface area contributed by atoms with Crippen molar-refractivity contribution in [2.45, 2.75) is 78.1 Å². The molecule has 2 aromatic carbocycles. The van der Waals surface area contributed by atoms with Gasteiger partial charge < -0.3 is 9.47 Å². The molecule has 182 valence electrons. The maximum Gasteiger partial charge on any atom is 0.314 e. The van der Waals surface area contributed by atoms with Crippen LogP contribution >= 0.6 is 0 Å². The number of rotatable bonds is 7. The molecule has 0 aromatic heterocycles. The summed E-state index contributed by atoms with van der Waals surface area (Å²) < 4.78 is 11.2. The summed E-state index contributed by atoms with van der Waals surface area (Å²) >= 11 is 0. The first-order chi connectivity index (χ1) is 16.5. The van der Waals surface area contributed by atoms with Crippen LogP contribution in [0.3, 0.4) is 0 Å². The second-order valence-corrected chi connectivity index (χ2v) is 10.5. The van der Waals surface area contributed by atoms with Crippen LogP contribution in [0.5, 0.6) is 11.5 Å². The van der Waals surface area contributed by atoms with Gasteiger partial charge in [-0.15, -0.1) is 0 Å². The monoisotopic (exact) mass is 462 g/mol. The first-order valence-electron chi connectivity index (χ1n) is 13.1. The summed E-state index contributed by atoms with van der Waals surface area (Å²) in [5.41, 5.74) is 2.40. The zero-order valence-corrected chi connectivity index (χ0v) is 20.6. The Morgan fingerprint density at radius 1 is 0.588 bits per heavy atom. The number of hydrogen-bond acceptors (Lipinski definition) is 4. The maximum atomic E-state index is 12.4. The van der Waals surface area contributed by atoms with Gasteiger partial charge in [-0.25, -0.2) is 0 Å². The molecule has 4 heteroatoms. The summed E-state index contributed by atoms with van der Waals surface area (Å²) in [7, 11) is 0. The summed E-state index contributed by atoms with van der Waals surface area (Å²) in [5.74, 6) is 2.63. The van der Waals surface area contributed by atoms with E-state index in [-0.39, 0.29) is 23.8 Å². The molecule has 0 unspecified atom stereocenters. The van der Waals surface area contributed by atoms with Crippen LogP contribution in [0.2, 0.25) is 0 Å². The molecule has 0 radical (unpaired) electrons. The highest BCUT2D eigenvalue weighted by molar-refractivity contribution is 5.75. The Morgan fingerprint density at radius 3 is 1.24 bits per heavy atom. The van der Waals surface area contributed by atoms with Crippen molar-refractivity contribution in [1.29, 1.82) is 0 Å². The fraction of sp³-hybridized carbons (Fsp3) is 0.533. The number of benzene rings is 2. The topological polar surface area (TPSA) is 52.6 Å². The van der Waals surface area contributed by atoms with E-state index >= 15 is 0 Å². The number of ether oxygens (including phenoxy) is 2. The second-order valence-electron chi connectivity index (χ2n) is 10.5. The zero-order valence-electron chi connectivity index (χ0n) is 20.6. The molecule has 0 amide bonds. The predicted molar refractivity (Wildman–Crippen MR) is 134 cm³/mol. The lowest BCUT2D eigenvalue weighted by molar-refractivity contribution is -0.141. The van der Waals surface area contributed by atoms with Crippen molar-refractivity contribution in [3.63, 3.8) is 0 Å². The van der Waals surface area contributed by atoms with Crippen molar-refractivity contribution in [1.82, 2.24) is 0 Å². The van der Waals surface area contributed by atoms with Crippen LogP contribution < -0.4 is 9.47 Å². The van der Waals surface area contributed by atoms with Gasteiger partial charge in [-0.2, -0.15) is 0 Å². The first kappa shape index (κ1) is 24.5. The largest absolute Gasteiger partial charge is 0.426 e. The summed E-state index contributed by atoms with van der Waals surface area (Å²) in [6.07, 6.45) is 10.0. The Labute approximate surface area is 204 Å². The maximum absolute atomic E-state index is 12.4. The van der Waals surface area contributed by atoms with Gasteiger partial charge in [0.2, 0.25) is 0 Å². The lowest BCUT2D eigenvalue weighted by Crippen LogP contribution is -2.24. The molecule has 0 heterocycles. The average molecular weight is 463 g/mol. The van der Waals surface area contributed by atoms with Crippen molar-refractivity contribution in [2.75, 3.05) is 0 Å². The van der Waals surface area contributed by atoms with Crippen LogP contribution in [0.25, 0.3) is 0 Å². The van der Waals surface area contributed by atoms with Crippen LogP contribution in [-0.2, 0) is 22.4 Å². The van der Waals surface area contributed by atoms with Crippen molar-refractivity contribution in [3.05, 3.63) is 59.7 Å². The highest BCUT2D eigenvalue weighted by Gasteiger charge is 2.27. The second kappa shape index (κ2) is 11.7. The standard InChI is InChI=1S/C30H38O4/c1-21-3-13-25(14-4-21)29(31)33-27-17-9-23(10-18-27)7-8-24-11-19-28(20-12-24)34-30(32)26-15-5-22(2)6-16-26/h9-12,17-22,25-26H,3-8,13-16H2,1-2H3. The highest BCUT2D eigenvalue weighted by Crippen LogP contribution is 2.31. The number of aryl methyl sites for hydroxylation is 2. The van der Waals surface area contributed by atoms with Gasteiger partial charge in [0.25, 0.3) is 0 Å². The third kappa shape index (κ3) is 6.94. The molecule has 2 aliphatic carbocycles. The minimum absolute atomic E-state index is 0.0458. The van der Waals surface area contributed by atoms with Crippen LogP contribution in [0, 0.1) is 23.7 Å². The zero-order chi connectivity index (χ0) is 23.9. The molecule has 0 spiro atoms. The molecule has 0 bridgehead atoms. The highest BCUT2D eigenvalue weighted by atomic mass is 16.5. The van der Waals surface area contributed by atoms with Crippen LogP contribution in [0.1, 0.15) is 76.3 Å². The van der Waals surface area contributed by atoms with Crippen molar-refractivity contribution >= 4 is 11.9 Å². The van der Waals surface area contributed by atoms with Crippen LogP contribution in [0.4, 0.5) is 0 Å². The molecule has 0 saturated heterocycles. The van der Waals surface area contributed by atoms with Gasteiger partial charge >= 0.3 is 11.9 Å². The summed E-state index contributed by atoms with van der Waals surface area (Å²) in [5, 5.41) is 0. The molecule has 2 aliphatic rings.